The summed E-state index contributed by atoms with van der Waals surface area (Å²) in [6.45, 7) is 8.71. The Hall–Kier alpha value is -0.650. The van der Waals surface area contributed by atoms with Crippen LogP contribution < -0.4 is 0 Å². The molecule has 0 aliphatic carbocycles. The van der Waals surface area contributed by atoms with E-state index < -0.39 is 0 Å². The maximum absolute atomic E-state index is 2.19. The molecule has 1 aromatic heterocycles. The van der Waals surface area contributed by atoms with Gasteiger partial charge in [-0.05, 0) is 49.8 Å². The molecule has 0 aliphatic heterocycles. The molecule has 0 aliphatic rings. The van der Waals surface area contributed by atoms with Crippen molar-refractivity contribution < 1.29 is 16.4 Å². The summed E-state index contributed by atoms with van der Waals surface area (Å²) in [5.74, 6) is 0. The lowest BCUT2D eigenvalue weighted by molar-refractivity contribution is 0.823. The molecular weight excluding hydrogens is 260 g/mol. The van der Waals surface area contributed by atoms with Crippen LogP contribution in [0.25, 0.3) is 0 Å². The zero-order valence-electron chi connectivity index (χ0n) is 10.6. The SMILES string of the molecule is Cc1ccccsc(C)c(C)c1C.Cl.O.O.O. The van der Waals surface area contributed by atoms with E-state index in [4.69, 9.17) is 0 Å². The molecule has 1 aromatic rings. The fourth-order valence-electron chi connectivity index (χ4n) is 1.16. The molecule has 0 saturated heterocycles. The number of hydrogen-bond donors (Lipinski definition) is 0. The Labute approximate surface area is 113 Å². The maximum Gasteiger partial charge on any atom is 0.00458 e. The Morgan fingerprint density at radius 2 is 1.35 bits per heavy atom. The van der Waals surface area contributed by atoms with E-state index in [1.54, 1.807) is 11.3 Å². The summed E-state index contributed by atoms with van der Waals surface area (Å²) in [5.41, 5.74) is 4.15. The van der Waals surface area contributed by atoms with Crippen LogP contribution >= 0.6 is 23.7 Å². The maximum atomic E-state index is 2.19. The third-order valence-corrected chi connectivity index (χ3v) is 3.42. The molecule has 6 N–H and O–H groups in total. The van der Waals surface area contributed by atoms with Crippen molar-refractivity contribution in [3.8, 4) is 0 Å². The van der Waals surface area contributed by atoms with Gasteiger partial charge in [-0.25, -0.2) is 0 Å². The van der Waals surface area contributed by atoms with Gasteiger partial charge >= 0.3 is 0 Å². The van der Waals surface area contributed by atoms with Gasteiger partial charge in [0, 0.05) is 4.88 Å². The first-order valence-corrected chi connectivity index (χ1v) is 5.36. The van der Waals surface area contributed by atoms with Gasteiger partial charge in [-0.15, -0.1) is 23.7 Å². The van der Waals surface area contributed by atoms with E-state index in [-0.39, 0.29) is 28.8 Å². The lowest BCUT2D eigenvalue weighted by Crippen LogP contribution is -1.82. The Balaban J connectivity index is -0.000000211. The molecule has 102 valence electrons. The second kappa shape index (κ2) is 11.8. The molecule has 0 fully saturated rings. The molecule has 3 nitrogen and oxygen atoms in total. The molecule has 0 amide bonds. The van der Waals surface area contributed by atoms with Crippen molar-refractivity contribution in [3.05, 3.63) is 45.1 Å². The van der Waals surface area contributed by atoms with Crippen LogP contribution in [-0.2, 0) is 0 Å². The lowest BCUT2D eigenvalue weighted by atomic mass is 10.1. The molecule has 0 aromatic carbocycles. The highest BCUT2D eigenvalue weighted by molar-refractivity contribution is 7.09. The number of halogens is 1. The van der Waals surface area contributed by atoms with Crippen LogP contribution in [-0.4, -0.2) is 16.4 Å². The summed E-state index contributed by atoms with van der Waals surface area (Å²) in [6, 6.07) is 6.34. The summed E-state index contributed by atoms with van der Waals surface area (Å²) < 4.78 is 0. The van der Waals surface area contributed by atoms with E-state index in [1.165, 1.54) is 21.6 Å². The van der Waals surface area contributed by atoms with E-state index in [9.17, 15) is 0 Å². The molecular formula is C12H23ClO3S. The Morgan fingerprint density at radius 1 is 0.824 bits per heavy atom. The van der Waals surface area contributed by atoms with Gasteiger partial charge in [0.05, 0.1) is 0 Å². The van der Waals surface area contributed by atoms with Gasteiger partial charge in [0.1, 0.15) is 0 Å². The number of aryl methyl sites for hydroxylation is 2. The van der Waals surface area contributed by atoms with Crippen LogP contribution in [0.3, 0.4) is 0 Å². The molecule has 1 heterocycles. The largest absolute Gasteiger partial charge is 0.412 e. The predicted octanol–water partition coefficient (Wildman–Crippen LogP) is 2.05. The standard InChI is InChI=1S/C12H16S.ClH.3H2O/c1-9-7-5-6-8-13-12(4)11(3)10(9)2;;;;/h5-8H,1-4H3;1H;3*1H2. The smallest absolute Gasteiger partial charge is 0.00458 e. The highest BCUT2D eigenvalue weighted by Crippen LogP contribution is 2.15. The third kappa shape index (κ3) is 7.31. The quantitative estimate of drug-likeness (QED) is 0.696. The summed E-state index contributed by atoms with van der Waals surface area (Å²) in [4.78, 5) is 1.39. The molecule has 0 atom stereocenters. The van der Waals surface area contributed by atoms with E-state index in [2.05, 4.69) is 51.3 Å². The summed E-state index contributed by atoms with van der Waals surface area (Å²) >= 11 is 1.79. The fraction of sp³-hybridized carbons (Fsp3) is 0.333. The Kier molecular flexibility index (Phi) is 17.6. The van der Waals surface area contributed by atoms with Crippen LogP contribution in [0.15, 0.2) is 23.6 Å². The highest BCUT2D eigenvalue weighted by Gasteiger charge is 1.95. The normalized spacial score (nSPS) is 7.29. The fourth-order valence-corrected chi connectivity index (χ4v) is 1.86. The first kappa shape index (κ1) is 25.3. The summed E-state index contributed by atoms with van der Waals surface area (Å²) in [7, 11) is 0. The van der Waals surface area contributed by atoms with Crippen molar-refractivity contribution in [3.63, 3.8) is 0 Å². The minimum atomic E-state index is 0. The summed E-state index contributed by atoms with van der Waals surface area (Å²) in [6.07, 6.45) is 0. The average molecular weight is 283 g/mol. The van der Waals surface area contributed by atoms with Gasteiger partial charge in [-0.1, -0.05) is 18.2 Å². The first-order chi connectivity index (χ1) is 6.13. The van der Waals surface area contributed by atoms with E-state index in [1.807, 2.05) is 0 Å². The molecule has 1 rings (SSSR count). The van der Waals surface area contributed by atoms with E-state index in [0.29, 0.717) is 0 Å². The minimum absolute atomic E-state index is 0. The van der Waals surface area contributed by atoms with Crippen molar-refractivity contribution in [2.24, 2.45) is 0 Å². The van der Waals surface area contributed by atoms with Crippen molar-refractivity contribution >= 4 is 23.7 Å². The van der Waals surface area contributed by atoms with Gasteiger partial charge in [-0.2, -0.15) is 0 Å². The molecule has 17 heavy (non-hydrogen) atoms. The van der Waals surface area contributed by atoms with Gasteiger partial charge < -0.3 is 16.4 Å². The lowest BCUT2D eigenvalue weighted by Gasteiger charge is -2.00. The Morgan fingerprint density at radius 3 is 1.88 bits per heavy atom. The van der Waals surface area contributed by atoms with Crippen molar-refractivity contribution in [1.29, 1.82) is 0 Å². The number of rotatable bonds is 0. The van der Waals surface area contributed by atoms with Crippen LogP contribution in [0.1, 0.15) is 21.6 Å². The minimum Gasteiger partial charge on any atom is -0.412 e. The van der Waals surface area contributed by atoms with Crippen LogP contribution in [0.4, 0.5) is 0 Å². The third-order valence-electron chi connectivity index (χ3n) is 2.46. The van der Waals surface area contributed by atoms with E-state index >= 15 is 0 Å². The molecule has 0 spiro atoms. The first-order valence-electron chi connectivity index (χ1n) is 4.48. The summed E-state index contributed by atoms with van der Waals surface area (Å²) in [5, 5.41) is 2.13. The van der Waals surface area contributed by atoms with Crippen molar-refractivity contribution in [2.75, 3.05) is 0 Å². The molecule has 0 unspecified atom stereocenters. The van der Waals surface area contributed by atoms with Crippen LogP contribution in [0, 0.1) is 27.7 Å². The van der Waals surface area contributed by atoms with Gasteiger partial charge in [0.25, 0.3) is 0 Å². The molecule has 0 radical (unpaired) electrons. The zero-order valence-corrected chi connectivity index (χ0v) is 12.3. The van der Waals surface area contributed by atoms with Gasteiger partial charge in [0.15, 0.2) is 0 Å². The van der Waals surface area contributed by atoms with Crippen molar-refractivity contribution in [2.45, 2.75) is 27.7 Å². The van der Waals surface area contributed by atoms with Crippen LogP contribution in [0.2, 0.25) is 0 Å². The van der Waals surface area contributed by atoms with Crippen LogP contribution in [0.5, 0.6) is 0 Å². The zero-order chi connectivity index (χ0) is 9.84. The van der Waals surface area contributed by atoms with Crippen molar-refractivity contribution in [1.82, 2.24) is 0 Å². The second-order valence-electron chi connectivity index (χ2n) is 3.29. The molecule has 0 saturated carbocycles. The molecule has 0 bridgehead atoms. The number of hydrogen-bond acceptors (Lipinski definition) is 1. The van der Waals surface area contributed by atoms with E-state index in [0.717, 1.165) is 0 Å². The Bertz CT molecular complexity index is 330. The highest BCUT2D eigenvalue weighted by atomic mass is 35.5. The van der Waals surface area contributed by atoms with Gasteiger partial charge in [0.2, 0.25) is 0 Å². The average Bonchev–Trinajstić information content (AvgIpc) is 2.16. The topological polar surface area (TPSA) is 94.5 Å². The second-order valence-corrected chi connectivity index (χ2v) is 4.41. The van der Waals surface area contributed by atoms with Gasteiger partial charge in [-0.3, -0.25) is 0 Å². The predicted molar refractivity (Wildman–Crippen MR) is 79.0 cm³/mol. The monoisotopic (exact) mass is 282 g/mol. The molecule has 5 heteroatoms.